The van der Waals surface area contributed by atoms with E-state index in [-0.39, 0.29) is 18.5 Å². The van der Waals surface area contributed by atoms with Gasteiger partial charge in [0.1, 0.15) is 0 Å². The molecule has 0 spiro atoms. The molecule has 1 fully saturated rings. The first kappa shape index (κ1) is 21.0. The van der Waals surface area contributed by atoms with E-state index in [1.807, 2.05) is 54.3 Å². The van der Waals surface area contributed by atoms with E-state index in [0.717, 1.165) is 24.8 Å². The number of sulfonamides is 1. The lowest BCUT2D eigenvalue weighted by Crippen LogP contribution is -2.51. The summed E-state index contributed by atoms with van der Waals surface area (Å²) in [4.78, 5) is 14.8. The Morgan fingerprint density at radius 1 is 1.00 bits per heavy atom. The Bertz CT molecular complexity index is 1000. The van der Waals surface area contributed by atoms with Crippen LogP contribution in [0.2, 0.25) is 0 Å². The molecule has 6 nitrogen and oxygen atoms in total. The number of amides is 1. The fraction of sp³-hybridized carbons (Fsp3) is 0.435. The van der Waals surface area contributed by atoms with Crippen molar-refractivity contribution < 1.29 is 13.2 Å². The molecule has 1 heterocycles. The third kappa shape index (κ3) is 4.58. The van der Waals surface area contributed by atoms with E-state index in [0.29, 0.717) is 31.1 Å². The fourth-order valence-corrected chi connectivity index (χ4v) is 5.77. The number of rotatable bonds is 6. The largest absolute Gasteiger partial charge is 0.348 e. The quantitative estimate of drug-likeness (QED) is 0.768. The number of benzene rings is 2. The normalized spacial score (nSPS) is 18.7. The van der Waals surface area contributed by atoms with Crippen LogP contribution in [0.4, 0.5) is 0 Å². The molecule has 0 unspecified atom stereocenters. The molecule has 0 bridgehead atoms. The van der Waals surface area contributed by atoms with Crippen LogP contribution in [0.5, 0.6) is 0 Å². The molecule has 1 aliphatic carbocycles. The van der Waals surface area contributed by atoms with Crippen LogP contribution in [0, 0.1) is 0 Å². The van der Waals surface area contributed by atoms with Gasteiger partial charge < -0.3 is 5.32 Å². The van der Waals surface area contributed by atoms with Gasteiger partial charge in [0.05, 0.1) is 17.5 Å². The second-order valence-electron chi connectivity index (χ2n) is 8.16. The average molecular weight is 428 g/mol. The zero-order valence-corrected chi connectivity index (χ0v) is 18.2. The van der Waals surface area contributed by atoms with Crippen LogP contribution >= 0.6 is 0 Å². The summed E-state index contributed by atoms with van der Waals surface area (Å²) in [5.74, 6) is -0.0405. The van der Waals surface area contributed by atoms with Crippen molar-refractivity contribution in [2.75, 3.05) is 32.7 Å². The lowest BCUT2D eigenvalue weighted by molar-refractivity contribution is -0.123. The van der Waals surface area contributed by atoms with Crippen LogP contribution in [0.1, 0.15) is 36.1 Å². The summed E-state index contributed by atoms with van der Waals surface area (Å²) in [6.07, 6.45) is 3.10. The van der Waals surface area contributed by atoms with Gasteiger partial charge in [0.25, 0.3) is 0 Å². The molecule has 1 aliphatic heterocycles. The van der Waals surface area contributed by atoms with Crippen molar-refractivity contribution in [2.45, 2.75) is 37.1 Å². The van der Waals surface area contributed by atoms with E-state index in [2.05, 4.69) is 5.32 Å². The Morgan fingerprint density at radius 3 is 2.43 bits per heavy atom. The van der Waals surface area contributed by atoms with Crippen LogP contribution in [0.25, 0.3) is 0 Å². The summed E-state index contributed by atoms with van der Waals surface area (Å²) < 4.78 is 27.6. The number of nitrogens with one attached hydrogen (secondary N) is 1. The molecule has 2 aliphatic rings. The molecule has 0 saturated carbocycles. The van der Waals surface area contributed by atoms with E-state index >= 15 is 0 Å². The molecule has 160 valence electrons. The predicted molar refractivity (Wildman–Crippen MR) is 117 cm³/mol. The Hall–Kier alpha value is -2.22. The molecular formula is C23H29N3O3S. The van der Waals surface area contributed by atoms with Crippen molar-refractivity contribution in [1.82, 2.24) is 14.5 Å². The van der Waals surface area contributed by atoms with Crippen molar-refractivity contribution in [3.05, 3.63) is 65.2 Å². The maximum absolute atomic E-state index is 13.0. The minimum Gasteiger partial charge on any atom is -0.348 e. The predicted octanol–water partition coefficient (Wildman–Crippen LogP) is 2.36. The number of hydrogen-bond donors (Lipinski definition) is 1. The molecular weight excluding hydrogens is 398 g/mol. The van der Waals surface area contributed by atoms with Crippen molar-refractivity contribution >= 4 is 15.9 Å². The molecule has 1 amide bonds. The molecule has 2 aromatic rings. The van der Waals surface area contributed by atoms with Crippen LogP contribution in [0.15, 0.2) is 53.4 Å². The highest BCUT2D eigenvalue weighted by atomic mass is 32.2. The third-order valence-corrected chi connectivity index (χ3v) is 7.98. The molecule has 4 rings (SSSR count). The number of fused-ring (bicyclic) bond motifs is 1. The smallest absolute Gasteiger partial charge is 0.243 e. The summed E-state index contributed by atoms with van der Waals surface area (Å²) in [5, 5.41) is 3.02. The highest BCUT2D eigenvalue weighted by Gasteiger charge is 2.30. The second-order valence-corrected chi connectivity index (χ2v) is 10.1. The van der Waals surface area contributed by atoms with Gasteiger partial charge in [0, 0.05) is 26.2 Å². The van der Waals surface area contributed by atoms with Crippen molar-refractivity contribution in [2.24, 2.45) is 0 Å². The molecule has 2 aromatic carbocycles. The Labute approximate surface area is 178 Å². The van der Waals surface area contributed by atoms with Crippen molar-refractivity contribution in [1.29, 1.82) is 0 Å². The number of carbonyl (C=O) groups is 1. The van der Waals surface area contributed by atoms with E-state index in [1.54, 1.807) is 10.4 Å². The Balaban J connectivity index is 1.31. The SMILES string of the molecule is C[C@H](NC(=O)CN1CCN(S(=O)(=O)c2ccc3c(c2)CCC3)CC1)c1ccccc1. The maximum atomic E-state index is 13.0. The molecule has 7 heteroatoms. The van der Waals surface area contributed by atoms with E-state index < -0.39 is 10.0 Å². The number of carbonyl (C=O) groups excluding carboxylic acids is 1. The molecule has 1 N–H and O–H groups in total. The summed E-state index contributed by atoms with van der Waals surface area (Å²) in [6.45, 7) is 4.16. The second kappa shape index (κ2) is 8.88. The van der Waals surface area contributed by atoms with Gasteiger partial charge in [-0.2, -0.15) is 4.31 Å². The average Bonchev–Trinajstić information content (AvgIpc) is 3.22. The first-order valence-corrected chi connectivity index (χ1v) is 12.1. The lowest BCUT2D eigenvalue weighted by atomic mass is 10.1. The van der Waals surface area contributed by atoms with E-state index in [9.17, 15) is 13.2 Å². The topological polar surface area (TPSA) is 69.7 Å². The van der Waals surface area contributed by atoms with Gasteiger partial charge in [-0.15, -0.1) is 0 Å². The van der Waals surface area contributed by atoms with Crippen LogP contribution in [0.3, 0.4) is 0 Å². The first-order valence-electron chi connectivity index (χ1n) is 10.6. The lowest BCUT2D eigenvalue weighted by Gasteiger charge is -2.33. The minimum absolute atomic E-state index is 0.0405. The van der Waals surface area contributed by atoms with Crippen molar-refractivity contribution in [3.63, 3.8) is 0 Å². The summed E-state index contributed by atoms with van der Waals surface area (Å²) in [5.41, 5.74) is 3.50. The standard InChI is InChI=1S/C23H29N3O3S/c1-18(19-6-3-2-4-7-19)24-23(27)17-25-12-14-26(15-13-25)30(28,29)22-11-10-20-8-5-9-21(20)16-22/h2-4,6-7,10-11,16,18H,5,8-9,12-15,17H2,1H3,(H,24,27)/t18-/m0/s1. The molecule has 0 aromatic heterocycles. The third-order valence-electron chi connectivity index (χ3n) is 6.08. The fourth-order valence-electron chi connectivity index (χ4n) is 4.30. The Kier molecular flexibility index (Phi) is 6.22. The summed E-state index contributed by atoms with van der Waals surface area (Å²) in [7, 11) is -3.48. The maximum Gasteiger partial charge on any atom is 0.243 e. The minimum atomic E-state index is -3.48. The zero-order chi connectivity index (χ0) is 21.1. The molecule has 30 heavy (non-hydrogen) atoms. The molecule has 1 atom stereocenters. The molecule has 0 radical (unpaired) electrons. The monoisotopic (exact) mass is 427 g/mol. The van der Waals surface area contributed by atoms with E-state index in [4.69, 9.17) is 0 Å². The van der Waals surface area contributed by atoms with Gasteiger partial charge in [-0.05, 0) is 55.0 Å². The van der Waals surface area contributed by atoms with Gasteiger partial charge in [0.2, 0.25) is 15.9 Å². The number of nitrogens with zero attached hydrogens (tertiary/aromatic N) is 2. The Morgan fingerprint density at radius 2 is 1.70 bits per heavy atom. The van der Waals surface area contributed by atoms with Gasteiger partial charge in [-0.1, -0.05) is 36.4 Å². The zero-order valence-electron chi connectivity index (χ0n) is 17.4. The van der Waals surface area contributed by atoms with Gasteiger partial charge >= 0.3 is 0 Å². The summed E-state index contributed by atoms with van der Waals surface area (Å²) >= 11 is 0. The van der Waals surface area contributed by atoms with Gasteiger partial charge in [0.15, 0.2) is 0 Å². The number of hydrogen-bond acceptors (Lipinski definition) is 4. The summed E-state index contributed by atoms with van der Waals surface area (Å²) in [6, 6.07) is 15.4. The number of piperazine rings is 1. The van der Waals surface area contributed by atoms with Crippen LogP contribution in [-0.4, -0.2) is 56.3 Å². The van der Waals surface area contributed by atoms with Gasteiger partial charge in [-0.3, -0.25) is 9.69 Å². The van der Waals surface area contributed by atoms with Crippen LogP contribution < -0.4 is 5.32 Å². The van der Waals surface area contributed by atoms with E-state index in [1.165, 1.54) is 11.1 Å². The van der Waals surface area contributed by atoms with Gasteiger partial charge in [-0.25, -0.2) is 8.42 Å². The number of aryl methyl sites for hydroxylation is 2. The van der Waals surface area contributed by atoms with Crippen LogP contribution in [-0.2, 0) is 27.7 Å². The highest BCUT2D eigenvalue weighted by Crippen LogP contribution is 2.26. The molecule has 1 saturated heterocycles. The highest BCUT2D eigenvalue weighted by molar-refractivity contribution is 7.89. The first-order chi connectivity index (χ1) is 14.4. The van der Waals surface area contributed by atoms with Crippen molar-refractivity contribution in [3.8, 4) is 0 Å².